The van der Waals surface area contributed by atoms with Gasteiger partial charge in [-0.1, -0.05) is 24.3 Å². The van der Waals surface area contributed by atoms with E-state index in [0.29, 0.717) is 17.1 Å². The van der Waals surface area contributed by atoms with Gasteiger partial charge < -0.3 is 0 Å². The van der Waals surface area contributed by atoms with Crippen molar-refractivity contribution in [1.29, 1.82) is 0 Å². The van der Waals surface area contributed by atoms with Crippen molar-refractivity contribution in [3.63, 3.8) is 0 Å². The van der Waals surface area contributed by atoms with Gasteiger partial charge in [0, 0.05) is 4.70 Å². The summed E-state index contributed by atoms with van der Waals surface area (Å²) in [5.41, 5.74) is -1.36. The van der Waals surface area contributed by atoms with Crippen LogP contribution in [0.15, 0.2) is 48.5 Å². The highest BCUT2D eigenvalue weighted by Crippen LogP contribution is 2.36. The number of hydrogen-bond acceptors (Lipinski definition) is 3. The fourth-order valence-corrected chi connectivity index (χ4v) is 5.02. The second kappa shape index (κ2) is 7.12. The summed E-state index contributed by atoms with van der Waals surface area (Å²) in [7, 11) is -3.75. The van der Waals surface area contributed by atoms with Crippen molar-refractivity contribution in [2.75, 3.05) is 10.1 Å². The van der Waals surface area contributed by atoms with E-state index < -0.39 is 27.6 Å². The number of fused-ring (bicyclic) bond motifs is 1. The largest absolute Gasteiger partial charge is 0.419 e. The molecule has 0 bridgehead atoms. The van der Waals surface area contributed by atoms with Crippen molar-refractivity contribution >= 4 is 36.4 Å². The number of anilines is 1. The Morgan fingerprint density at radius 1 is 1.07 bits per heavy atom. The zero-order valence-corrected chi connectivity index (χ0v) is 15.8. The number of thiophene rings is 1. The number of nitrogens with zero attached hydrogens (tertiary/aromatic N) is 1. The number of hydrogen-bond donors (Lipinski definition) is 0. The lowest BCUT2D eigenvalue weighted by Crippen LogP contribution is -2.31. The van der Waals surface area contributed by atoms with Crippen LogP contribution in [-0.2, 0) is 22.7 Å². The minimum Gasteiger partial charge on any atom is -0.257 e. The molecule has 3 aromatic rings. The van der Waals surface area contributed by atoms with Crippen LogP contribution in [0.2, 0.25) is 0 Å². The van der Waals surface area contributed by atoms with Crippen molar-refractivity contribution in [1.82, 2.24) is 0 Å². The maximum atomic E-state index is 13.5. The zero-order chi connectivity index (χ0) is 19.8. The lowest BCUT2D eigenvalue weighted by Gasteiger charge is -2.22. The zero-order valence-electron chi connectivity index (χ0n) is 14.1. The molecule has 0 radical (unpaired) electrons. The van der Waals surface area contributed by atoms with E-state index in [0.717, 1.165) is 20.5 Å². The van der Waals surface area contributed by atoms with Crippen molar-refractivity contribution in [2.45, 2.75) is 19.6 Å². The molecule has 3 nitrogen and oxygen atoms in total. The van der Waals surface area contributed by atoms with Crippen LogP contribution in [-0.4, -0.2) is 14.2 Å². The van der Waals surface area contributed by atoms with Crippen LogP contribution in [0, 0.1) is 5.82 Å². The van der Waals surface area contributed by atoms with Gasteiger partial charge in [0.25, 0.3) is 0 Å². The Kier molecular flexibility index (Phi) is 5.18. The van der Waals surface area contributed by atoms with E-state index in [4.69, 9.17) is 0 Å². The predicted octanol–water partition coefficient (Wildman–Crippen LogP) is 5.42. The highest BCUT2D eigenvalue weighted by Gasteiger charge is 2.34. The Morgan fingerprint density at radius 2 is 1.78 bits per heavy atom. The normalized spacial score (nSPS) is 12.5. The molecule has 0 spiro atoms. The SMILES string of the molecule is CCS(=O)(=O)N(Cc1ccc(F)c(C(F)(F)F)c1)c1cc2ccccc2s1. The Bertz CT molecular complexity index is 1040. The number of benzene rings is 2. The summed E-state index contributed by atoms with van der Waals surface area (Å²) in [5.74, 6) is -1.60. The molecule has 27 heavy (non-hydrogen) atoms. The summed E-state index contributed by atoms with van der Waals surface area (Å²) in [6.45, 7) is 1.15. The maximum Gasteiger partial charge on any atom is 0.419 e. The van der Waals surface area contributed by atoms with Gasteiger partial charge in [0.2, 0.25) is 10.0 Å². The third kappa shape index (κ3) is 4.08. The molecule has 0 amide bonds. The van der Waals surface area contributed by atoms with E-state index in [2.05, 4.69) is 0 Å². The molecule has 1 heterocycles. The fraction of sp³-hybridized carbons (Fsp3) is 0.222. The monoisotopic (exact) mass is 417 g/mol. The fourth-order valence-electron chi connectivity index (χ4n) is 2.61. The van der Waals surface area contributed by atoms with Crippen molar-refractivity contribution in [2.24, 2.45) is 0 Å². The van der Waals surface area contributed by atoms with Gasteiger partial charge in [0.1, 0.15) is 10.8 Å². The van der Waals surface area contributed by atoms with Gasteiger partial charge in [-0.25, -0.2) is 12.8 Å². The molecule has 0 saturated heterocycles. The van der Waals surface area contributed by atoms with Crippen LogP contribution in [0.4, 0.5) is 22.6 Å². The molecule has 0 N–H and O–H groups in total. The minimum absolute atomic E-state index is 0.0539. The first-order valence-electron chi connectivity index (χ1n) is 7.96. The Balaban J connectivity index is 2.06. The molecule has 0 aliphatic rings. The first-order valence-corrected chi connectivity index (χ1v) is 10.4. The lowest BCUT2D eigenvalue weighted by atomic mass is 10.1. The topological polar surface area (TPSA) is 37.4 Å². The summed E-state index contributed by atoms with van der Waals surface area (Å²) in [4.78, 5) is 0. The van der Waals surface area contributed by atoms with Crippen molar-refractivity contribution in [3.05, 3.63) is 65.5 Å². The Labute approximate surface area is 157 Å². The van der Waals surface area contributed by atoms with E-state index in [9.17, 15) is 26.0 Å². The van der Waals surface area contributed by atoms with Crippen LogP contribution in [0.1, 0.15) is 18.1 Å². The van der Waals surface area contributed by atoms with Crippen LogP contribution < -0.4 is 4.31 Å². The molecule has 2 aromatic carbocycles. The molecule has 1 aromatic heterocycles. The maximum absolute atomic E-state index is 13.5. The summed E-state index contributed by atoms with van der Waals surface area (Å²) < 4.78 is 79.5. The number of alkyl halides is 3. The molecular formula is C18H15F4NO2S2. The number of rotatable bonds is 5. The molecule has 0 aliphatic heterocycles. The summed E-state index contributed by atoms with van der Waals surface area (Å²) >= 11 is 1.23. The highest BCUT2D eigenvalue weighted by molar-refractivity contribution is 7.92. The first-order chi connectivity index (χ1) is 12.6. The molecule has 144 valence electrons. The van der Waals surface area contributed by atoms with E-state index in [1.807, 2.05) is 24.3 Å². The average molecular weight is 417 g/mol. The van der Waals surface area contributed by atoms with Gasteiger partial charge >= 0.3 is 6.18 Å². The smallest absolute Gasteiger partial charge is 0.257 e. The minimum atomic E-state index is -4.85. The third-order valence-electron chi connectivity index (χ3n) is 4.02. The van der Waals surface area contributed by atoms with Crippen molar-refractivity contribution in [3.8, 4) is 0 Å². The van der Waals surface area contributed by atoms with Crippen LogP contribution in [0.5, 0.6) is 0 Å². The molecular weight excluding hydrogens is 402 g/mol. The molecule has 0 saturated carbocycles. The van der Waals surface area contributed by atoms with E-state index in [1.54, 1.807) is 6.07 Å². The van der Waals surface area contributed by atoms with E-state index >= 15 is 0 Å². The molecule has 0 fully saturated rings. The predicted molar refractivity (Wildman–Crippen MR) is 98.9 cm³/mol. The number of sulfonamides is 1. The average Bonchev–Trinajstić information content (AvgIpc) is 3.03. The van der Waals surface area contributed by atoms with Gasteiger partial charge in [0.15, 0.2) is 0 Å². The summed E-state index contributed by atoms with van der Waals surface area (Å²) in [5, 5.41) is 1.24. The van der Waals surface area contributed by atoms with Gasteiger partial charge in [0.05, 0.1) is 17.9 Å². The Hall–Kier alpha value is -2.13. The van der Waals surface area contributed by atoms with Gasteiger partial charge in [-0.2, -0.15) is 13.2 Å². The third-order valence-corrected chi connectivity index (χ3v) is 7.00. The number of halogens is 4. The summed E-state index contributed by atoms with van der Waals surface area (Å²) in [6.07, 6.45) is -4.85. The van der Waals surface area contributed by atoms with E-state index in [1.165, 1.54) is 18.3 Å². The standard InChI is InChI=1S/C18H15F4NO2S2/c1-2-27(24,25)23(17-10-13-5-3-4-6-16(13)26-17)11-12-7-8-15(19)14(9-12)18(20,21)22/h3-10H,2,11H2,1H3. The highest BCUT2D eigenvalue weighted by atomic mass is 32.2. The van der Waals surface area contributed by atoms with Crippen LogP contribution >= 0.6 is 11.3 Å². The lowest BCUT2D eigenvalue weighted by molar-refractivity contribution is -0.140. The second-order valence-electron chi connectivity index (χ2n) is 5.84. The van der Waals surface area contributed by atoms with Crippen LogP contribution in [0.25, 0.3) is 10.1 Å². The van der Waals surface area contributed by atoms with Crippen molar-refractivity contribution < 1.29 is 26.0 Å². The summed E-state index contributed by atoms with van der Waals surface area (Å²) in [6, 6.07) is 11.5. The van der Waals surface area contributed by atoms with Gasteiger partial charge in [-0.3, -0.25) is 4.31 Å². The molecule has 0 atom stereocenters. The second-order valence-corrected chi connectivity index (χ2v) is 9.09. The molecule has 0 unspecified atom stereocenters. The molecule has 3 rings (SSSR count). The van der Waals surface area contributed by atoms with Crippen LogP contribution in [0.3, 0.4) is 0 Å². The quantitative estimate of drug-likeness (QED) is 0.520. The molecule has 0 aliphatic carbocycles. The van der Waals surface area contributed by atoms with Gasteiger partial charge in [-0.15, -0.1) is 11.3 Å². The Morgan fingerprint density at radius 3 is 2.41 bits per heavy atom. The van der Waals surface area contributed by atoms with E-state index in [-0.39, 0.29) is 17.9 Å². The molecule has 9 heteroatoms. The first kappa shape index (κ1) is 19.6. The van der Waals surface area contributed by atoms with Gasteiger partial charge in [-0.05, 0) is 42.1 Å².